The fourth-order valence-corrected chi connectivity index (χ4v) is 5.83. The van der Waals surface area contributed by atoms with E-state index in [0.29, 0.717) is 5.69 Å². The van der Waals surface area contributed by atoms with Gasteiger partial charge in [-0.05, 0) is 54.3 Å². The van der Waals surface area contributed by atoms with Crippen molar-refractivity contribution in [2.24, 2.45) is 0 Å². The number of rotatable bonds is 16. The van der Waals surface area contributed by atoms with Crippen molar-refractivity contribution in [1.29, 1.82) is 0 Å². The molecule has 3 aromatic rings. The molecule has 1 heterocycles. The number of hydrogen-bond donors (Lipinski definition) is 1. The van der Waals surface area contributed by atoms with Gasteiger partial charge in [-0.15, -0.1) is 26.8 Å². The normalized spacial score (nSPS) is 12.0. The maximum absolute atomic E-state index is 11.0. The van der Waals surface area contributed by atoms with Gasteiger partial charge in [-0.3, -0.25) is 0 Å². The first-order chi connectivity index (χ1) is 17.8. The lowest BCUT2D eigenvalue weighted by Crippen LogP contribution is -2.13. The average molecular weight is 524 g/mol. The molecule has 0 atom stereocenters. The number of benzene rings is 2. The molecular formula is C32H49N3OS. The molecular weight excluding hydrogens is 474 g/mol. The Kier molecular flexibility index (Phi) is 11.8. The molecule has 0 fully saturated rings. The first-order valence-corrected chi connectivity index (χ1v) is 15.6. The number of unbranched alkanes of at least 4 members (excludes halogenated alkanes) is 12. The van der Waals surface area contributed by atoms with Gasteiger partial charge in [0.2, 0.25) is 0 Å². The second kappa shape index (κ2) is 14.8. The molecule has 2 aromatic carbocycles. The molecule has 5 heteroatoms. The summed E-state index contributed by atoms with van der Waals surface area (Å²) < 4.78 is 0. The molecule has 1 aromatic heterocycles. The number of thioether (sulfide) groups is 1. The van der Waals surface area contributed by atoms with Crippen LogP contribution < -0.4 is 0 Å². The second-order valence-corrected chi connectivity index (χ2v) is 12.8. The van der Waals surface area contributed by atoms with E-state index in [1.54, 1.807) is 4.80 Å². The fourth-order valence-electron chi connectivity index (χ4n) is 4.89. The topological polar surface area (TPSA) is 50.9 Å². The zero-order valence-corrected chi connectivity index (χ0v) is 24.8. The average Bonchev–Trinajstić information content (AvgIpc) is 3.28. The lowest BCUT2D eigenvalue weighted by molar-refractivity contribution is 0.440. The van der Waals surface area contributed by atoms with Crippen LogP contribution in [0.15, 0.2) is 35.2 Å². The summed E-state index contributed by atoms with van der Waals surface area (Å²) in [6.45, 7) is 10.7. The van der Waals surface area contributed by atoms with Crippen LogP contribution in [0.1, 0.15) is 122 Å². The first-order valence-electron chi connectivity index (χ1n) is 14.6. The number of hydrogen-bond acceptors (Lipinski definition) is 4. The summed E-state index contributed by atoms with van der Waals surface area (Å²) >= 11 is 1.91. The van der Waals surface area contributed by atoms with Gasteiger partial charge in [-0.1, -0.05) is 111 Å². The number of aromatic nitrogens is 3. The van der Waals surface area contributed by atoms with Crippen LogP contribution in [0.3, 0.4) is 0 Å². The molecule has 0 saturated carbocycles. The number of aromatic hydroxyl groups is 1. The van der Waals surface area contributed by atoms with Gasteiger partial charge in [0.1, 0.15) is 22.5 Å². The predicted octanol–water partition coefficient (Wildman–Crippen LogP) is 9.92. The third-order valence-electron chi connectivity index (χ3n) is 7.13. The Hall–Kier alpha value is -2.01. The smallest absolute Gasteiger partial charge is 0.146 e. The Morgan fingerprint density at radius 2 is 1.32 bits per heavy atom. The molecule has 0 spiro atoms. The molecule has 37 heavy (non-hydrogen) atoms. The van der Waals surface area contributed by atoms with Gasteiger partial charge in [-0.2, -0.15) is 0 Å². The summed E-state index contributed by atoms with van der Waals surface area (Å²) in [6.07, 6.45) is 18.1. The van der Waals surface area contributed by atoms with Crippen LogP contribution in [0.2, 0.25) is 0 Å². The number of phenolic OH excluding ortho intramolecular Hbond substituents is 1. The highest BCUT2D eigenvalue weighted by Crippen LogP contribution is 2.36. The number of aryl methyl sites for hydroxylation is 1. The van der Waals surface area contributed by atoms with E-state index in [1.807, 2.05) is 36.9 Å². The van der Waals surface area contributed by atoms with E-state index in [-0.39, 0.29) is 11.2 Å². The molecule has 1 N–H and O–H groups in total. The highest BCUT2D eigenvalue weighted by atomic mass is 32.2. The van der Waals surface area contributed by atoms with E-state index in [0.717, 1.165) is 27.9 Å². The summed E-state index contributed by atoms with van der Waals surface area (Å²) in [5.74, 6) is 1.40. The molecule has 204 valence electrons. The molecule has 0 bridgehead atoms. The van der Waals surface area contributed by atoms with Gasteiger partial charge in [0.05, 0.1) is 0 Å². The number of phenols is 1. The van der Waals surface area contributed by atoms with Gasteiger partial charge in [0.25, 0.3) is 0 Å². The van der Waals surface area contributed by atoms with E-state index in [9.17, 15) is 5.11 Å². The Morgan fingerprint density at radius 1 is 0.757 bits per heavy atom. The van der Waals surface area contributed by atoms with E-state index in [2.05, 4.69) is 44.9 Å². The minimum Gasteiger partial charge on any atom is -0.505 e. The van der Waals surface area contributed by atoms with Crippen molar-refractivity contribution in [3.05, 3.63) is 41.5 Å². The summed E-state index contributed by atoms with van der Waals surface area (Å²) in [5.41, 5.74) is 4.21. The van der Waals surface area contributed by atoms with Crippen LogP contribution in [0, 0.1) is 6.92 Å². The molecule has 0 radical (unpaired) electrons. The van der Waals surface area contributed by atoms with E-state index < -0.39 is 0 Å². The predicted molar refractivity (Wildman–Crippen MR) is 160 cm³/mol. The van der Waals surface area contributed by atoms with Crippen LogP contribution >= 0.6 is 11.8 Å². The van der Waals surface area contributed by atoms with Crippen molar-refractivity contribution in [3.63, 3.8) is 0 Å². The zero-order chi connectivity index (χ0) is 26.7. The molecule has 0 aliphatic carbocycles. The molecule has 0 amide bonds. The molecule has 0 saturated heterocycles. The quantitative estimate of drug-likeness (QED) is 0.150. The highest BCUT2D eigenvalue weighted by molar-refractivity contribution is 7.99. The third-order valence-corrected chi connectivity index (χ3v) is 8.21. The first kappa shape index (κ1) is 29.5. The Balaban J connectivity index is 1.40. The van der Waals surface area contributed by atoms with Crippen molar-refractivity contribution >= 4 is 22.8 Å². The van der Waals surface area contributed by atoms with E-state index in [4.69, 9.17) is 5.10 Å². The zero-order valence-electron chi connectivity index (χ0n) is 24.0. The van der Waals surface area contributed by atoms with Crippen LogP contribution in [-0.4, -0.2) is 25.9 Å². The highest BCUT2D eigenvalue weighted by Gasteiger charge is 2.22. The largest absolute Gasteiger partial charge is 0.505 e. The SMILES string of the molecule is CCCCCCCCCCCCCCCSc1ccc2nn(-c3cc(C)cc(C(C)(C)C)c3O)nc2c1. The van der Waals surface area contributed by atoms with Gasteiger partial charge < -0.3 is 5.11 Å². The van der Waals surface area contributed by atoms with E-state index >= 15 is 0 Å². The molecule has 0 unspecified atom stereocenters. The third kappa shape index (κ3) is 9.35. The summed E-state index contributed by atoms with van der Waals surface area (Å²) in [5, 5.41) is 20.3. The van der Waals surface area contributed by atoms with Crippen molar-refractivity contribution in [2.45, 2.75) is 128 Å². The van der Waals surface area contributed by atoms with Crippen molar-refractivity contribution in [1.82, 2.24) is 15.0 Å². The molecule has 4 nitrogen and oxygen atoms in total. The summed E-state index contributed by atoms with van der Waals surface area (Å²) in [7, 11) is 0. The van der Waals surface area contributed by atoms with Crippen molar-refractivity contribution in [3.8, 4) is 11.4 Å². The summed E-state index contributed by atoms with van der Waals surface area (Å²) in [6, 6.07) is 10.3. The fraction of sp³-hybridized carbons (Fsp3) is 0.625. The van der Waals surface area contributed by atoms with Crippen LogP contribution in [0.5, 0.6) is 5.75 Å². The molecule has 3 rings (SSSR count). The Morgan fingerprint density at radius 3 is 1.92 bits per heavy atom. The van der Waals surface area contributed by atoms with Crippen LogP contribution in [0.25, 0.3) is 16.7 Å². The van der Waals surface area contributed by atoms with E-state index in [1.165, 1.54) is 88.4 Å². The van der Waals surface area contributed by atoms with Crippen LogP contribution in [-0.2, 0) is 5.41 Å². The summed E-state index contributed by atoms with van der Waals surface area (Å²) in [4.78, 5) is 2.82. The molecule has 0 aliphatic rings. The standard InChI is InChI=1S/C32H49N3OS/c1-6-7-8-9-10-11-12-13-14-15-16-17-18-21-37-26-19-20-28-29(24-26)34-35(33-28)30-23-25(2)22-27(31(30)36)32(3,4)5/h19-20,22-24,36H,6-18,21H2,1-5H3. The Labute approximate surface area is 229 Å². The second-order valence-electron chi connectivity index (χ2n) is 11.7. The van der Waals surface area contributed by atoms with Gasteiger partial charge in [-0.25, -0.2) is 0 Å². The van der Waals surface area contributed by atoms with Gasteiger partial charge >= 0.3 is 0 Å². The minimum absolute atomic E-state index is 0.158. The molecule has 0 aliphatic heterocycles. The number of nitrogens with zero attached hydrogens (tertiary/aromatic N) is 3. The lowest BCUT2D eigenvalue weighted by atomic mass is 9.85. The Bertz CT molecular complexity index is 1100. The van der Waals surface area contributed by atoms with Gasteiger partial charge in [0.15, 0.2) is 0 Å². The maximum atomic E-state index is 11.0. The number of fused-ring (bicyclic) bond motifs is 1. The monoisotopic (exact) mass is 523 g/mol. The van der Waals surface area contributed by atoms with Gasteiger partial charge in [0, 0.05) is 10.5 Å². The van der Waals surface area contributed by atoms with Crippen LogP contribution in [0.4, 0.5) is 0 Å². The minimum atomic E-state index is -0.158. The maximum Gasteiger partial charge on any atom is 0.146 e. The van der Waals surface area contributed by atoms with Crippen molar-refractivity contribution < 1.29 is 5.11 Å². The van der Waals surface area contributed by atoms with Crippen molar-refractivity contribution in [2.75, 3.05) is 5.75 Å². The lowest BCUT2D eigenvalue weighted by Gasteiger charge is -2.22.